The fraction of sp³-hybridized carbons (Fsp3) is 0.238. The molecule has 0 radical (unpaired) electrons. The molecule has 8 heteroatoms. The van der Waals surface area contributed by atoms with E-state index in [1.807, 2.05) is 0 Å². The molecule has 2 N–H and O–H groups in total. The van der Waals surface area contributed by atoms with Gasteiger partial charge < -0.3 is 15.5 Å². The molecule has 6 nitrogen and oxygen atoms in total. The van der Waals surface area contributed by atoms with Crippen molar-refractivity contribution in [3.63, 3.8) is 0 Å². The van der Waals surface area contributed by atoms with Crippen LogP contribution in [0.5, 0.6) is 0 Å². The summed E-state index contributed by atoms with van der Waals surface area (Å²) in [5.41, 5.74) is 1.43. The first-order valence-corrected chi connectivity index (χ1v) is 9.24. The molecule has 1 heterocycles. The maximum absolute atomic E-state index is 13.5. The summed E-state index contributed by atoms with van der Waals surface area (Å²) in [4.78, 5) is 28.1. The van der Waals surface area contributed by atoms with Gasteiger partial charge in [0.15, 0.2) is 0 Å². The Bertz CT molecular complexity index is 899. The summed E-state index contributed by atoms with van der Waals surface area (Å²) in [6, 6.07) is 9.51. The molecule has 1 saturated heterocycles. The summed E-state index contributed by atoms with van der Waals surface area (Å²) < 4.78 is 27.0. The molecule has 0 saturated carbocycles. The zero-order valence-corrected chi connectivity index (χ0v) is 15.8. The molecule has 0 unspecified atom stereocenters. The van der Waals surface area contributed by atoms with Crippen molar-refractivity contribution in [2.45, 2.75) is 13.0 Å². The Morgan fingerprint density at radius 3 is 2.59 bits per heavy atom. The predicted molar refractivity (Wildman–Crippen MR) is 108 cm³/mol. The highest BCUT2D eigenvalue weighted by atomic mass is 19.1. The number of para-hydroxylation sites is 2. The number of rotatable bonds is 6. The average molecular weight is 400 g/mol. The van der Waals surface area contributed by atoms with Gasteiger partial charge in [0.2, 0.25) is 0 Å². The highest BCUT2D eigenvalue weighted by Gasteiger charge is 2.28. The summed E-state index contributed by atoms with van der Waals surface area (Å²) in [7, 11) is 0. The Hall–Kier alpha value is -3.42. The number of carbonyl (C=O) groups is 2. The summed E-state index contributed by atoms with van der Waals surface area (Å²) >= 11 is 0. The molecule has 4 amide bonds. The maximum atomic E-state index is 13.5. The lowest BCUT2D eigenvalue weighted by Crippen LogP contribution is -2.49. The maximum Gasteiger partial charge on any atom is 0.324 e. The third-order valence-electron chi connectivity index (χ3n) is 4.46. The largest absolute Gasteiger partial charge is 0.334 e. The van der Waals surface area contributed by atoms with Crippen molar-refractivity contribution in [3.05, 3.63) is 72.3 Å². The van der Waals surface area contributed by atoms with Crippen molar-refractivity contribution in [2.24, 2.45) is 0 Å². The summed E-state index contributed by atoms with van der Waals surface area (Å²) in [5, 5.41) is 5.35. The van der Waals surface area contributed by atoms with Gasteiger partial charge in [-0.05, 0) is 36.2 Å². The van der Waals surface area contributed by atoms with Crippen LogP contribution in [0.15, 0.2) is 55.1 Å². The van der Waals surface area contributed by atoms with Crippen molar-refractivity contribution < 1.29 is 18.4 Å². The molecule has 2 aromatic rings. The average Bonchev–Trinajstić information content (AvgIpc) is 2.68. The smallest absolute Gasteiger partial charge is 0.324 e. The topological polar surface area (TPSA) is 64.7 Å². The predicted octanol–water partition coefficient (Wildman–Crippen LogP) is 4.10. The van der Waals surface area contributed by atoms with E-state index in [0.717, 1.165) is 6.07 Å². The first kappa shape index (κ1) is 20.3. The third-order valence-corrected chi connectivity index (χ3v) is 4.46. The summed E-state index contributed by atoms with van der Waals surface area (Å²) in [6.45, 7) is 4.90. The van der Waals surface area contributed by atoms with Gasteiger partial charge in [0.05, 0.1) is 11.4 Å². The molecular weight excluding hydrogens is 378 g/mol. The molecule has 0 spiro atoms. The first-order valence-electron chi connectivity index (χ1n) is 9.24. The van der Waals surface area contributed by atoms with E-state index in [9.17, 15) is 18.4 Å². The van der Waals surface area contributed by atoms with E-state index in [0.29, 0.717) is 43.0 Å². The van der Waals surface area contributed by atoms with Crippen LogP contribution < -0.4 is 15.5 Å². The zero-order valence-electron chi connectivity index (χ0n) is 15.8. The van der Waals surface area contributed by atoms with Gasteiger partial charge in [-0.15, -0.1) is 6.58 Å². The van der Waals surface area contributed by atoms with Crippen molar-refractivity contribution in [1.82, 2.24) is 10.2 Å². The number of benzene rings is 2. The number of hydrogen-bond donors (Lipinski definition) is 2. The van der Waals surface area contributed by atoms with E-state index in [1.165, 1.54) is 17.0 Å². The molecule has 2 aromatic carbocycles. The van der Waals surface area contributed by atoms with Gasteiger partial charge in [-0.2, -0.15) is 0 Å². The lowest BCUT2D eigenvalue weighted by atomic mass is 10.1. The minimum atomic E-state index is -0.679. The Morgan fingerprint density at radius 2 is 1.86 bits per heavy atom. The quantitative estimate of drug-likeness (QED) is 0.717. The molecule has 0 aromatic heterocycles. The number of amides is 4. The second-order valence-electron chi connectivity index (χ2n) is 6.63. The fourth-order valence-corrected chi connectivity index (χ4v) is 3.22. The van der Waals surface area contributed by atoms with Crippen molar-refractivity contribution in [2.75, 3.05) is 29.9 Å². The number of halogens is 2. The highest BCUT2D eigenvalue weighted by molar-refractivity contribution is 6.00. The van der Waals surface area contributed by atoms with E-state index >= 15 is 0 Å². The monoisotopic (exact) mass is 400 g/mol. The first-order chi connectivity index (χ1) is 14.0. The van der Waals surface area contributed by atoms with Crippen LogP contribution in [0, 0.1) is 11.6 Å². The van der Waals surface area contributed by atoms with E-state index < -0.39 is 17.7 Å². The molecule has 3 rings (SSSR count). The van der Waals surface area contributed by atoms with Gasteiger partial charge in [-0.1, -0.05) is 18.2 Å². The highest BCUT2D eigenvalue weighted by Crippen LogP contribution is 2.29. The van der Waals surface area contributed by atoms with Crippen LogP contribution in [0.25, 0.3) is 0 Å². The molecule has 0 atom stereocenters. The molecular formula is C21H22F2N4O2. The minimum Gasteiger partial charge on any atom is -0.334 e. The summed E-state index contributed by atoms with van der Waals surface area (Å²) in [6.07, 6.45) is 2.24. The number of nitrogens with zero attached hydrogens (tertiary/aromatic N) is 2. The van der Waals surface area contributed by atoms with Gasteiger partial charge in [0.25, 0.3) is 0 Å². The Balaban J connectivity index is 1.78. The van der Waals surface area contributed by atoms with Crippen molar-refractivity contribution >= 4 is 23.4 Å². The van der Waals surface area contributed by atoms with Crippen LogP contribution in [0.1, 0.15) is 12.0 Å². The standard InChI is InChI=1S/C21H22F2N4O2/c1-2-8-24-20(28)25-18-6-3-4-7-19(18)27-10-5-9-26(21(27)29)14-15-11-16(22)13-17(23)12-15/h2-4,6-7,11-13H,1,5,8-10,14H2,(H2,24,25,28). The minimum absolute atomic E-state index is 0.0967. The number of carbonyl (C=O) groups excluding carboxylic acids is 2. The molecule has 0 bridgehead atoms. The number of hydrogen-bond acceptors (Lipinski definition) is 2. The summed E-state index contributed by atoms with van der Waals surface area (Å²) in [5.74, 6) is -1.36. The molecule has 1 aliphatic heterocycles. The van der Waals surface area contributed by atoms with Crippen LogP contribution in [-0.2, 0) is 6.54 Å². The number of nitrogens with one attached hydrogen (secondary N) is 2. The van der Waals surface area contributed by atoms with Crippen LogP contribution in [-0.4, -0.2) is 36.6 Å². The van der Waals surface area contributed by atoms with Crippen LogP contribution in [0.4, 0.5) is 29.7 Å². The van der Waals surface area contributed by atoms with E-state index in [4.69, 9.17) is 0 Å². The van der Waals surface area contributed by atoms with Gasteiger partial charge in [-0.3, -0.25) is 4.90 Å². The van der Waals surface area contributed by atoms with Gasteiger partial charge >= 0.3 is 12.1 Å². The van der Waals surface area contributed by atoms with E-state index in [-0.39, 0.29) is 12.6 Å². The van der Waals surface area contributed by atoms with E-state index in [1.54, 1.807) is 35.2 Å². The third kappa shape index (κ3) is 5.10. The van der Waals surface area contributed by atoms with Gasteiger partial charge in [0.1, 0.15) is 11.6 Å². The molecule has 29 heavy (non-hydrogen) atoms. The molecule has 152 valence electrons. The van der Waals surface area contributed by atoms with Crippen LogP contribution >= 0.6 is 0 Å². The Morgan fingerprint density at radius 1 is 1.14 bits per heavy atom. The lowest BCUT2D eigenvalue weighted by molar-refractivity contribution is 0.192. The normalized spacial score (nSPS) is 13.9. The fourth-order valence-electron chi connectivity index (χ4n) is 3.22. The Labute approximate surface area is 167 Å². The van der Waals surface area contributed by atoms with E-state index in [2.05, 4.69) is 17.2 Å². The second-order valence-corrected chi connectivity index (χ2v) is 6.63. The van der Waals surface area contributed by atoms with Crippen molar-refractivity contribution in [1.29, 1.82) is 0 Å². The molecule has 1 aliphatic rings. The molecule has 0 aliphatic carbocycles. The van der Waals surface area contributed by atoms with Crippen LogP contribution in [0.2, 0.25) is 0 Å². The SMILES string of the molecule is C=CCNC(=O)Nc1ccccc1N1CCCN(Cc2cc(F)cc(F)c2)C1=O. The van der Waals surface area contributed by atoms with Gasteiger partial charge in [-0.25, -0.2) is 18.4 Å². The lowest BCUT2D eigenvalue weighted by Gasteiger charge is -2.36. The second kappa shape index (κ2) is 9.18. The Kier molecular flexibility index (Phi) is 6.43. The van der Waals surface area contributed by atoms with Gasteiger partial charge in [0, 0.05) is 32.2 Å². The number of anilines is 2. The number of urea groups is 2. The zero-order chi connectivity index (χ0) is 20.8. The van der Waals surface area contributed by atoms with Crippen molar-refractivity contribution in [3.8, 4) is 0 Å². The van der Waals surface area contributed by atoms with Crippen LogP contribution in [0.3, 0.4) is 0 Å². The molecule has 1 fully saturated rings.